The molecule has 8 heteroatoms. The Kier molecular flexibility index (Phi) is 4.52. The fourth-order valence-corrected chi connectivity index (χ4v) is 5.95. The van der Waals surface area contributed by atoms with Crippen molar-refractivity contribution in [3.8, 4) is 5.75 Å². The fraction of sp³-hybridized carbons (Fsp3) is 0.316. The second kappa shape index (κ2) is 6.73. The van der Waals surface area contributed by atoms with Gasteiger partial charge in [0.2, 0.25) is 0 Å². The monoisotopic (exact) mass is 406 g/mol. The number of hydrogen-bond donors (Lipinski definition) is 0. The van der Waals surface area contributed by atoms with Crippen molar-refractivity contribution in [3.05, 3.63) is 53.6 Å². The topological polar surface area (TPSA) is 66.9 Å². The average Bonchev–Trinajstić information content (AvgIpc) is 3.06. The van der Waals surface area contributed by atoms with Gasteiger partial charge in [0.15, 0.2) is 9.84 Å². The summed E-state index contributed by atoms with van der Waals surface area (Å²) in [5.74, 6) is 0.575. The maximum atomic E-state index is 13.3. The zero-order valence-electron chi connectivity index (χ0n) is 14.7. The van der Waals surface area contributed by atoms with Gasteiger partial charge in [-0.15, -0.1) is 0 Å². The van der Waals surface area contributed by atoms with E-state index in [1.165, 1.54) is 4.90 Å². The van der Waals surface area contributed by atoms with Crippen molar-refractivity contribution in [1.29, 1.82) is 0 Å². The maximum Gasteiger partial charge on any atom is 0.329 e. The number of hydrogen-bond acceptors (Lipinski definition) is 4. The summed E-state index contributed by atoms with van der Waals surface area (Å²) in [6.07, 6.45) is 0. The van der Waals surface area contributed by atoms with E-state index in [-0.39, 0.29) is 17.5 Å². The van der Waals surface area contributed by atoms with E-state index >= 15 is 0 Å². The molecule has 2 amide bonds. The lowest BCUT2D eigenvalue weighted by Gasteiger charge is -2.23. The van der Waals surface area contributed by atoms with E-state index in [0.717, 1.165) is 0 Å². The minimum Gasteiger partial charge on any atom is -0.494 e. The number of sulfone groups is 1. The molecule has 2 aliphatic rings. The minimum absolute atomic E-state index is 0.0580. The third-order valence-corrected chi connectivity index (χ3v) is 6.93. The molecule has 2 aromatic carbocycles. The van der Waals surface area contributed by atoms with Crippen LogP contribution in [-0.2, 0) is 9.84 Å². The van der Waals surface area contributed by atoms with Gasteiger partial charge in [0, 0.05) is 5.69 Å². The predicted octanol–water partition coefficient (Wildman–Crippen LogP) is 3.35. The van der Waals surface area contributed by atoms with E-state index in [9.17, 15) is 13.2 Å². The van der Waals surface area contributed by atoms with Crippen LogP contribution in [-0.4, -0.2) is 44.6 Å². The Bertz CT molecular complexity index is 977. The molecule has 0 aromatic heterocycles. The van der Waals surface area contributed by atoms with Crippen LogP contribution in [0.5, 0.6) is 5.75 Å². The smallest absolute Gasteiger partial charge is 0.329 e. The normalized spacial score (nSPS) is 23.6. The van der Waals surface area contributed by atoms with Crippen LogP contribution in [0.2, 0.25) is 5.02 Å². The highest BCUT2D eigenvalue weighted by Gasteiger charge is 2.54. The highest BCUT2D eigenvalue weighted by Crippen LogP contribution is 2.40. The molecule has 0 radical (unpaired) electrons. The number of nitrogens with zero attached hydrogens (tertiary/aromatic N) is 2. The number of anilines is 2. The Hall–Kier alpha value is -2.25. The van der Waals surface area contributed by atoms with E-state index in [4.69, 9.17) is 16.3 Å². The van der Waals surface area contributed by atoms with Crippen LogP contribution in [0.4, 0.5) is 16.2 Å². The Labute approximate surface area is 163 Å². The van der Waals surface area contributed by atoms with Gasteiger partial charge in [-0.05, 0) is 43.3 Å². The van der Waals surface area contributed by atoms with Crippen LogP contribution in [0, 0.1) is 0 Å². The van der Waals surface area contributed by atoms with Gasteiger partial charge in [0.05, 0.1) is 40.9 Å². The summed E-state index contributed by atoms with van der Waals surface area (Å²) in [5.41, 5.74) is 1.18. The van der Waals surface area contributed by atoms with E-state index in [2.05, 4.69) is 0 Å². The standard InChI is InChI=1S/C19H19ClN2O4S/c1-2-26-14-9-7-13(8-10-14)21-17-11-27(24,25)12-18(17)22(19(21)23)16-6-4-3-5-15(16)20/h3-10,17-18H,2,11-12H2,1H3. The molecular weight excluding hydrogens is 388 g/mol. The van der Waals surface area contributed by atoms with Crippen molar-refractivity contribution in [1.82, 2.24) is 0 Å². The first-order chi connectivity index (χ1) is 12.9. The lowest BCUT2D eigenvalue weighted by Crippen LogP contribution is -2.38. The second-order valence-electron chi connectivity index (χ2n) is 6.61. The van der Waals surface area contributed by atoms with E-state index in [1.54, 1.807) is 53.4 Å². The number of urea groups is 1. The maximum absolute atomic E-state index is 13.3. The predicted molar refractivity (Wildman–Crippen MR) is 106 cm³/mol. The van der Waals surface area contributed by atoms with Gasteiger partial charge in [0.25, 0.3) is 0 Å². The zero-order valence-corrected chi connectivity index (χ0v) is 16.3. The van der Waals surface area contributed by atoms with E-state index in [0.29, 0.717) is 28.8 Å². The minimum atomic E-state index is -3.24. The van der Waals surface area contributed by atoms with Crippen molar-refractivity contribution in [3.63, 3.8) is 0 Å². The highest BCUT2D eigenvalue weighted by molar-refractivity contribution is 7.91. The zero-order chi connectivity index (χ0) is 19.2. The average molecular weight is 407 g/mol. The molecule has 2 saturated heterocycles. The first-order valence-electron chi connectivity index (χ1n) is 8.71. The number of ether oxygens (including phenoxy) is 1. The van der Waals surface area contributed by atoms with Crippen molar-refractivity contribution in [2.24, 2.45) is 0 Å². The molecule has 142 valence electrons. The number of fused-ring (bicyclic) bond motifs is 1. The summed E-state index contributed by atoms with van der Waals surface area (Å²) in [7, 11) is -3.24. The van der Waals surface area contributed by atoms with E-state index < -0.39 is 21.9 Å². The Morgan fingerprint density at radius 3 is 2.30 bits per heavy atom. The SMILES string of the molecule is CCOc1ccc(N2C(=O)N(c3ccccc3Cl)C3CS(=O)(=O)CC32)cc1. The molecule has 0 spiro atoms. The molecular formula is C19H19ClN2O4S. The first kappa shape index (κ1) is 18.1. The molecule has 27 heavy (non-hydrogen) atoms. The second-order valence-corrected chi connectivity index (χ2v) is 9.17. The molecule has 0 saturated carbocycles. The molecule has 0 N–H and O–H groups in total. The number of benzene rings is 2. The van der Waals surface area contributed by atoms with Crippen LogP contribution in [0.25, 0.3) is 0 Å². The summed E-state index contributed by atoms with van der Waals surface area (Å²) in [6.45, 7) is 2.44. The van der Waals surface area contributed by atoms with Crippen LogP contribution in [0.1, 0.15) is 6.92 Å². The van der Waals surface area contributed by atoms with Crippen molar-refractivity contribution in [2.45, 2.75) is 19.0 Å². The Morgan fingerprint density at radius 1 is 1.04 bits per heavy atom. The van der Waals surface area contributed by atoms with Crippen molar-refractivity contribution >= 4 is 38.8 Å². The van der Waals surface area contributed by atoms with Crippen molar-refractivity contribution < 1.29 is 17.9 Å². The Balaban J connectivity index is 1.76. The van der Waals surface area contributed by atoms with Gasteiger partial charge >= 0.3 is 6.03 Å². The van der Waals surface area contributed by atoms with Gasteiger partial charge in [-0.3, -0.25) is 9.80 Å². The van der Waals surface area contributed by atoms with Crippen LogP contribution < -0.4 is 14.5 Å². The number of carbonyl (C=O) groups is 1. The molecule has 0 aliphatic carbocycles. The lowest BCUT2D eigenvalue weighted by atomic mass is 10.1. The highest BCUT2D eigenvalue weighted by atomic mass is 35.5. The molecule has 2 heterocycles. The number of halogens is 1. The largest absolute Gasteiger partial charge is 0.494 e. The molecule has 2 aromatic rings. The fourth-order valence-electron chi connectivity index (χ4n) is 3.80. The molecule has 2 fully saturated rings. The van der Waals surface area contributed by atoms with Gasteiger partial charge < -0.3 is 4.74 Å². The van der Waals surface area contributed by atoms with E-state index in [1.807, 2.05) is 6.92 Å². The molecule has 2 aliphatic heterocycles. The third kappa shape index (κ3) is 3.15. The summed E-state index contributed by atoms with van der Waals surface area (Å²) in [5, 5.41) is 0.419. The number of para-hydroxylation sites is 1. The number of carbonyl (C=O) groups excluding carboxylic acids is 1. The Morgan fingerprint density at radius 2 is 1.67 bits per heavy atom. The molecule has 4 rings (SSSR count). The van der Waals surface area contributed by atoms with Crippen LogP contribution in [0.15, 0.2) is 48.5 Å². The van der Waals surface area contributed by atoms with Crippen LogP contribution in [0.3, 0.4) is 0 Å². The summed E-state index contributed by atoms with van der Waals surface area (Å²) in [4.78, 5) is 16.3. The van der Waals surface area contributed by atoms with Gasteiger partial charge in [0.1, 0.15) is 5.75 Å². The van der Waals surface area contributed by atoms with Gasteiger partial charge in [-0.1, -0.05) is 23.7 Å². The molecule has 2 atom stereocenters. The van der Waals surface area contributed by atoms with Crippen molar-refractivity contribution in [2.75, 3.05) is 27.9 Å². The molecule has 2 unspecified atom stereocenters. The lowest BCUT2D eigenvalue weighted by molar-refractivity contribution is 0.255. The summed E-state index contributed by atoms with van der Waals surface area (Å²) in [6, 6.07) is 12.9. The van der Waals surface area contributed by atoms with Crippen LogP contribution >= 0.6 is 11.6 Å². The summed E-state index contributed by atoms with van der Waals surface area (Å²) >= 11 is 6.30. The number of rotatable bonds is 4. The number of amides is 2. The molecule has 6 nitrogen and oxygen atoms in total. The summed E-state index contributed by atoms with van der Waals surface area (Å²) < 4.78 is 30.1. The van der Waals surface area contributed by atoms with Gasteiger partial charge in [-0.25, -0.2) is 13.2 Å². The third-order valence-electron chi connectivity index (χ3n) is 4.91. The first-order valence-corrected chi connectivity index (χ1v) is 10.9. The molecule has 0 bridgehead atoms. The quantitative estimate of drug-likeness (QED) is 0.730. The van der Waals surface area contributed by atoms with Gasteiger partial charge in [-0.2, -0.15) is 0 Å².